The van der Waals surface area contributed by atoms with Gasteiger partial charge in [0.05, 0.1) is 18.0 Å². The number of nitrogens with one attached hydrogen (secondary N) is 2. The molecule has 1 unspecified atom stereocenters. The van der Waals surface area contributed by atoms with E-state index < -0.39 is 22.7 Å². The van der Waals surface area contributed by atoms with E-state index in [4.69, 9.17) is 0 Å². The van der Waals surface area contributed by atoms with E-state index in [1.54, 1.807) is 18.2 Å². The maximum atomic E-state index is 12.3. The molecular formula is C20H24F2N2O5S. The predicted octanol–water partition coefficient (Wildman–Crippen LogP) is 3.31. The van der Waals surface area contributed by atoms with Gasteiger partial charge < -0.3 is 20.3 Å². The van der Waals surface area contributed by atoms with Crippen LogP contribution in [-0.2, 0) is 10.0 Å². The van der Waals surface area contributed by atoms with Gasteiger partial charge in [0.2, 0.25) is 10.0 Å². The maximum Gasteiger partial charge on any atom is 0.387 e. The molecule has 0 spiro atoms. The number of hydrogen-bond acceptors (Lipinski definition) is 6. The highest BCUT2D eigenvalue weighted by Gasteiger charge is 2.16. The zero-order valence-corrected chi connectivity index (χ0v) is 17.1. The van der Waals surface area contributed by atoms with Gasteiger partial charge in [-0.1, -0.05) is 24.3 Å². The summed E-state index contributed by atoms with van der Waals surface area (Å²) < 4.78 is 53.9. The number of halogens is 2. The van der Waals surface area contributed by atoms with E-state index in [9.17, 15) is 27.4 Å². The Bertz CT molecular complexity index is 952. The predicted molar refractivity (Wildman–Crippen MR) is 110 cm³/mol. The molecule has 0 aromatic heterocycles. The van der Waals surface area contributed by atoms with E-state index >= 15 is 0 Å². The Morgan fingerprint density at radius 3 is 2.37 bits per heavy atom. The molecule has 7 nitrogen and oxygen atoms in total. The first-order valence-electron chi connectivity index (χ1n) is 8.97. The van der Waals surface area contributed by atoms with Crippen LogP contribution in [0.25, 0.3) is 0 Å². The van der Waals surface area contributed by atoms with Crippen molar-refractivity contribution in [2.24, 2.45) is 0 Å². The third-order valence-corrected chi connectivity index (χ3v) is 4.76. The van der Waals surface area contributed by atoms with E-state index in [1.807, 2.05) is 0 Å². The normalized spacial score (nSPS) is 13.6. The number of aromatic hydroxyl groups is 1. The number of rotatable bonds is 11. The van der Waals surface area contributed by atoms with Crippen LogP contribution in [-0.4, -0.2) is 38.0 Å². The van der Waals surface area contributed by atoms with Crippen molar-refractivity contribution < 1.29 is 32.1 Å². The van der Waals surface area contributed by atoms with Gasteiger partial charge in [0.1, 0.15) is 11.5 Å². The minimum absolute atomic E-state index is 0.0358. The molecule has 0 saturated carbocycles. The second-order valence-corrected chi connectivity index (χ2v) is 8.35. The van der Waals surface area contributed by atoms with Gasteiger partial charge in [-0.25, -0.2) is 8.42 Å². The smallest absolute Gasteiger partial charge is 0.387 e. The summed E-state index contributed by atoms with van der Waals surface area (Å²) in [7, 11) is -3.60. The summed E-state index contributed by atoms with van der Waals surface area (Å²) in [5, 5.41) is 23.5. The van der Waals surface area contributed by atoms with Crippen LogP contribution in [0.5, 0.6) is 11.5 Å². The molecule has 4 N–H and O–H groups in total. The lowest BCUT2D eigenvalue weighted by Crippen LogP contribution is -2.26. The minimum Gasteiger partial charge on any atom is -0.506 e. The van der Waals surface area contributed by atoms with Crippen LogP contribution in [0.3, 0.4) is 0 Å². The van der Waals surface area contributed by atoms with Crippen molar-refractivity contribution in [2.75, 3.05) is 17.5 Å². The number of hydrogen-bond donors (Lipinski definition) is 4. The highest BCUT2D eigenvalue weighted by molar-refractivity contribution is 7.92. The summed E-state index contributed by atoms with van der Waals surface area (Å²) in [5.74, 6) is -0.221. The fraction of sp³-hybridized carbons (Fsp3) is 0.300. The van der Waals surface area contributed by atoms with Crippen molar-refractivity contribution in [1.82, 2.24) is 5.32 Å². The molecule has 10 heteroatoms. The minimum atomic E-state index is -3.60. The Morgan fingerprint density at radius 1 is 1.17 bits per heavy atom. The Balaban J connectivity index is 2.09. The molecule has 0 aliphatic rings. The van der Waals surface area contributed by atoms with Crippen molar-refractivity contribution in [3.05, 3.63) is 66.2 Å². The van der Waals surface area contributed by atoms with Gasteiger partial charge in [-0.3, -0.25) is 4.72 Å². The first-order valence-corrected chi connectivity index (χ1v) is 10.9. The maximum absolute atomic E-state index is 12.3. The zero-order chi connectivity index (χ0) is 22.3. The molecule has 0 fully saturated rings. The molecular weight excluding hydrogens is 418 g/mol. The van der Waals surface area contributed by atoms with Gasteiger partial charge >= 0.3 is 6.61 Å². The molecule has 0 aliphatic heterocycles. The van der Waals surface area contributed by atoms with Crippen LogP contribution in [0.4, 0.5) is 14.5 Å². The Kier molecular flexibility index (Phi) is 8.16. The highest BCUT2D eigenvalue weighted by Crippen LogP contribution is 2.28. The fourth-order valence-corrected chi connectivity index (χ4v) is 3.36. The lowest BCUT2D eigenvalue weighted by atomic mass is 10.0. The number of phenols is 1. The van der Waals surface area contributed by atoms with Crippen LogP contribution >= 0.6 is 0 Å². The number of aliphatic hydroxyl groups excluding tert-OH is 1. The summed E-state index contributed by atoms with van der Waals surface area (Å²) in [4.78, 5) is 0. The molecule has 0 amide bonds. The van der Waals surface area contributed by atoms with Crippen LogP contribution in [0.15, 0.2) is 55.1 Å². The number of anilines is 1. The van der Waals surface area contributed by atoms with Gasteiger partial charge in [0.25, 0.3) is 0 Å². The summed E-state index contributed by atoms with van der Waals surface area (Å²) >= 11 is 0. The summed E-state index contributed by atoms with van der Waals surface area (Å²) in [6.07, 6.45) is 2.15. The zero-order valence-electron chi connectivity index (χ0n) is 16.3. The van der Waals surface area contributed by atoms with E-state index in [-0.39, 0.29) is 29.8 Å². The largest absolute Gasteiger partial charge is 0.506 e. The van der Waals surface area contributed by atoms with Gasteiger partial charge in [0, 0.05) is 12.6 Å². The number of benzene rings is 2. The molecule has 2 aromatic rings. The fourth-order valence-electron chi connectivity index (χ4n) is 2.80. The number of aliphatic hydroxyl groups is 1. The second kappa shape index (κ2) is 10.4. The van der Waals surface area contributed by atoms with Crippen LogP contribution in [0.2, 0.25) is 0 Å². The molecule has 2 atom stereocenters. The average molecular weight is 442 g/mol. The van der Waals surface area contributed by atoms with E-state index in [0.29, 0.717) is 12.0 Å². The summed E-state index contributed by atoms with van der Waals surface area (Å²) in [6.45, 7) is 0.910. The molecule has 0 saturated heterocycles. The SMILES string of the molecule is C=CCC(NC[C@H](O)c1ccc(O)c(NS(C)(=O)=O)c1)c1ccc(OC(F)F)cc1. The molecule has 0 aliphatic carbocycles. The molecule has 2 rings (SSSR count). The monoisotopic (exact) mass is 442 g/mol. The van der Waals surface area contributed by atoms with Crippen molar-refractivity contribution in [2.45, 2.75) is 25.2 Å². The first-order chi connectivity index (χ1) is 14.1. The lowest BCUT2D eigenvalue weighted by molar-refractivity contribution is -0.0498. The van der Waals surface area contributed by atoms with Crippen molar-refractivity contribution in [1.29, 1.82) is 0 Å². The molecule has 2 aromatic carbocycles. The molecule has 30 heavy (non-hydrogen) atoms. The van der Waals surface area contributed by atoms with Crippen molar-refractivity contribution >= 4 is 15.7 Å². The lowest BCUT2D eigenvalue weighted by Gasteiger charge is -2.21. The first kappa shape index (κ1) is 23.6. The van der Waals surface area contributed by atoms with Gasteiger partial charge in [-0.2, -0.15) is 8.78 Å². The van der Waals surface area contributed by atoms with E-state index in [2.05, 4.69) is 21.4 Å². The number of ether oxygens (including phenoxy) is 1. The topological polar surface area (TPSA) is 108 Å². The van der Waals surface area contributed by atoms with Gasteiger partial charge in [-0.05, 0) is 41.8 Å². The number of phenolic OH excluding ortho intramolecular Hbond substituents is 1. The molecule has 0 heterocycles. The second-order valence-electron chi connectivity index (χ2n) is 6.60. The van der Waals surface area contributed by atoms with Gasteiger partial charge in [0.15, 0.2) is 0 Å². The van der Waals surface area contributed by atoms with E-state index in [0.717, 1.165) is 11.8 Å². The van der Waals surface area contributed by atoms with Crippen molar-refractivity contribution in [3.8, 4) is 11.5 Å². The highest BCUT2D eigenvalue weighted by atomic mass is 32.2. The Morgan fingerprint density at radius 2 is 1.80 bits per heavy atom. The number of sulfonamides is 1. The molecule has 164 valence electrons. The number of alkyl halides is 2. The van der Waals surface area contributed by atoms with Gasteiger partial charge in [-0.15, -0.1) is 6.58 Å². The van der Waals surface area contributed by atoms with E-state index in [1.165, 1.54) is 30.3 Å². The molecule has 0 bridgehead atoms. The third-order valence-electron chi connectivity index (χ3n) is 4.17. The Hall–Kier alpha value is -2.69. The van der Waals surface area contributed by atoms with Crippen molar-refractivity contribution in [3.63, 3.8) is 0 Å². The standard InChI is InChI=1S/C20H24F2N2O5S/c1-3-4-16(13-5-8-15(9-6-13)29-20(21)22)23-12-19(26)14-7-10-18(25)17(11-14)24-30(2,27)28/h3,5-11,16,19-20,23-26H,1,4,12H2,2H3/t16?,19-/m0/s1. The summed E-state index contributed by atoms with van der Waals surface area (Å²) in [6, 6.07) is 10.0. The van der Waals surface area contributed by atoms with Crippen LogP contribution < -0.4 is 14.8 Å². The quantitative estimate of drug-likeness (QED) is 0.314. The Labute approximate surface area is 174 Å². The van der Waals surface area contributed by atoms with Crippen LogP contribution in [0, 0.1) is 0 Å². The van der Waals surface area contributed by atoms with Crippen LogP contribution in [0.1, 0.15) is 29.7 Å². The molecule has 0 radical (unpaired) electrons. The average Bonchev–Trinajstić information content (AvgIpc) is 2.66. The summed E-state index contributed by atoms with van der Waals surface area (Å²) in [5.41, 5.74) is 1.14. The third kappa shape index (κ3) is 7.29.